The van der Waals surface area contributed by atoms with E-state index in [0.29, 0.717) is 23.7 Å². The minimum atomic E-state index is -4.71. The molecule has 30 heavy (non-hydrogen) atoms. The minimum absolute atomic E-state index is 0.117. The number of halogens is 4. The maximum Gasteiger partial charge on any atom is 0.433 e. The number of pyridine rings is 1. The predicted molar refractivity (Wildman–Crippen MR) is 96.3 cm³/mol. The Kier molecular flexibility index (Phi) is 4.67. The van der Waals surface area contributed by atoms with Gasteiger partial charge in [-0.2, -0.15) is 18.3 Å². The summed E-state index contributed by atoms with van der Waals surface area (Å²) >= 11 is 0. The number of fused-ring (bicyclic) bond motifs is 1. The molecule has 0 radical (unpaired) electrons. The normalized spacial score (nSPS) is 18.8. The van der Waals surface area contributed by atoms with Gasteiger partial charge in [-0.1, -0.05) is 6.07 Å². The number of carboxylic acids is 1. The summed E-state index contributed by atoms with van der Waals surface area (Å²) in [7, 11) is 0. The molecule has 1 fully saturated rings. The van der Waals surface area contributed by atoms with Crippen LogP contribution in [0.2, 0.25) is 0 Å². The van der Waals surface area contributed by atoms with E-state index in [-0.39, 0.29) is 11.7 Å². The van der Waals surface area contributed by atoms with Gasteiger partial charge in [0.15, 0.2) is 0 Å². The van der Waals surface area contributed by atoms with E-state index in [2.05, 4.69) is 15.4 Å². The molecule has 0 unspecified atom stereocenters. The number of hydrogen-bond acceptors (Lipinski definition) is 4. The van der Waals surface area contributed by atoms with Crippen LogP contribution in [0.3, 0.4) is 0 Å². The molecular weight excluding hydrogens is 408 g/mol. The average molecular weight is 422 g/mol. The van der Waals surface area contributed by atoms with E-state index in [1.54, 1.807) is 10.9 Å². The van der Waals surface area contributed by atoms with Crippen molar-refractivity contribution in [2.45, 2.75) is 25.1 Å². The summed E-state index contributed by atoms with van der Waals surface area (Å²) in [5.41, 5.74) is -1.66. The van der Waals surface area contributed by atoms with Gasteiger partial charge < -0.3 is 10.4 Å². The highest BCUT2D eigenvalue weighted by Crippen LogP contribution is 2.38. The number of anilines is 1. The molecule has 2 N–H and O–H groups in total. The van der Waals surface area contributed by atoms with Crippen LogP contribution < -0.4 is 5.32 Å². The Bertz CT molecular complexity index is 1150. The first-order chi connectivity index (χ1) is 14.1. The number of carbonyl (C=O) groups is 2. The van der Waals surface area contributed by atoms with Crippen molar-refractivity contribution in [2.24, 2.45) is 5.92 Å². The SMILES string of the molecule is O=C(Nc1cc2cn(C3CC(C(=O)O)C3)nc2cc1F)c1cccc(C(F)(F)F)n1. The summed E-state index contributed by atoms with van der Waals surface area (Å²) < 4.78 is 54.3. The summed E-state index contributed by atoms with van der Waals surface area (Å²) in [5, 5.41) is 15.9. The van der Waals surface area contributed by atoms with Gasteiger partial charge in [0.2, 0.25) is 0 Å². The van der Waals surface area contributed by atoms with Crippen molar-refractivity contribution in [1.82, 2.24) is 14.8 Å². The highest BCUT2D eigenvalue weighted by molar-refractivity contribution is 6.03. The van der Waals surface area contributed by atoms with Gasteiger partial charge >= 0.3 is 12.1 Å². The van der Waals surface area contributed by atoms with Crippen molar-refractivity contribution in [3.63, 3.8) is 0 Å². The first-order valence-corrected chi connectivity index (χ1v) is 8.88. The number of aliphatic carboxylic acids is 1. The van der Waals surface area contributed by atoms with Crippen molar-refractivity contribution in [2.75, 3.05) is 5.32 Å². The number of benzene rings is 1. The Morgan fingerprint density at radius 1 is 1.20 bits per heavy atom. The Hall–Kier alpha value is -3.50. The van der Waals surface area contributed by atoms with Gasteiger partial charge in [0.25, 0.3) is 5.91 Å². The van der Waals surface area contributed by atoms with E-state index in [4.69, 9.17) is 5.11 Å². The van der Waals surface area contributed by atoms with E-state index >= 15 is 0 Å². The summed E-state index contributed by atoms with van der Waals surface area (Å²) in [6.07, 6.45) is -2.28. The average Bonchev–Trinajstić information content (AvgIpc) is 3.01. The fourth-order valence-electron chi connectivity index (χ4n) is 3.26. The van der Waals surface area contributed by atoms with Crippen molar-refractivity contribution in [1.29, 1.82) is 0 Å². The molecule has 1 amide bonds. The second-order valence-corrected chi connectivity index (χ2v) is 7.02. The maximum atomic E-state index is 14.4. The molecule has 1 aliphatic carbocycles. The Morgan fingerprint density at radius 2 is 1.93 bits per heavy atom. The molecule has 0 spiro atoms. The largest absolute Gasteiger partial charge is 0.481 e. The molecule has 156 valence electrons. The Balaban J connectivity index is 1.55. The molecule has 1 aromatic carbocycles. The highest BCUT2D eigenvalue weighted by atomic mass is 19.4. The number of carbonyl (C=O) groups excluding carboxylic acids is 1. The van der Waals surface area contributed by atoms with Gasteiger partial charge in [0, 0.05) is 17.6 Å². The molecule has 11 heteroatoms. The van der Waals surface area contributed by atoms with Crippen molar-refractivity contribution >= 4 is 28.5 Å². The van der Waals surface area contributed by atoms with Gasteiger partial charge in [-0.15, -0.1) is 0 Å². The number of alkyl halides is 3. The smallest absolute Gasteiger partial charge is 0.433 e. The van der Waals surface area contributed by atoms with Gasteiger partial charge in [0.05, 0.1) is 23.2 Å². The Morgan fingerprint density at radius 3 is 2.60 bits per heavy atom. The number of aromatic nitrogens is 3. The van der Waals surface area contributed by atoms with Crippen LogP contribution in [0.4, 0.5) is 23.2 Å². The molecule has 2 aromatic heterocycles. The van der Waals surface area contributed by atoms with Crippen molar-refractivity contribution in [3.05, 3.63) is 53.7 Å². The van der Waals surface area contributed by atoms with Gasteiger partial charge in [-0.05, 0) is 31.0 Å². The lowest BCUT2D eigenvalue weighted by Crippen LogP contribution is -2.32. The lowest BCUT2D eigenvalue weighted by Gasteiger charge is -2.32. The van der Waals surface area contributed by atoms with Crippen LogP contribution in [0.5, 0.6) is 0 Å². The number of nitrogens with one attached hydrogen (secondary N) is 1. The first kappa shape index (κ1) is 19.8. The minimum Gasteiger partial charge on any atom is -0.481 e. The molecule has 0 saturated heterocycles. The van der Waals surface area contributed by atoms with Crippen molar-refractivity contribution in [3.8, 4) is 0 Å². The quantitative estimate of drug-likeness (QED) is 0.622. The first-order valence-electron chi connectivity index (χ1n) is 8.88. The molecule has 1 aliphatic rings. The molecule has 0 atom stereocenters. The van der Waals surface area contributed by atoms with Crippen LogP contribution in [0.1, 0.15) is 35.1 Å². The second kappa shape index (κ2) is 7.08. The summed E-state index contributed by atoms with van der Waals surface area (Å²) in [6, 6.07) is 5.15. The van der Waals surface area contributed by atoms with E-state index in [1.165, 1.54) is 6.07 Å². The molecule has 0 aliphatic heterocycles. The lowest BCUT2D eigenvalue weighted by atomic mass is 9.80. The lowest BCUT2D eigenvalue weighted by molar-refractivity contribution is -0.146. The van der Waals surface area contributed by atoms with Crippen LogP contribution in [-0.4, -0.2) is 31.7 Å². The number of rotatable bonds is 4. The van der Waals surface area contributed by atoms with E-state index < -0.39 is 41.2 Å². The van der Waals surface area contributed by atoms with Gasteiger partial charge in [-0.3, -0.25) is 14.3 Å². The second-order valence-electron chi connectivity index (χ2n) is 7.02. The van der Waals surface area contributed by atoms with Crippen LogP contribution in [0.15, 0.2) is 36.5 Å². The third-order valence-electron chi connectivity index (χ3n) is 4.97. The molecule has 7 nitrogen and oxygen atoms in total. The molecule has 2 heterocycles. The van der Waals surface area contributed by atoms with E-state index in [9.17, 15) is 27.2 Å². The summed E-state index contributed by atoms with van der Waals surface area (Å²) in [6.45, 7) is 0. The summed E-state index contributed by atoms with van der Waals surface area (Å²) in [4.78, 5) is 26.5. The molecule has 1 saturated carbocycles. The Labute approximate surface area is 166 Å². The monoisotopic (exact) mass is 422 g/mol. The standard InChI is InChI=1S/C19H14F4N4O3/c20-12-7-14-10(8-27(26-14)11-4-9(5-11)18(29)30)6-15(12)25-17(28)13-2-1-3-16(24-13)19(21,22)23/h1-3,6-9,11H,4-5H2,(H,25,28)(H,29,30). The van der Waals surface area contributed by atoms with Crippen LogP contribution in [0.25, 0.3) is 10.9 Å². The molecule has 3 aromatic rings. The third kappa shape index (κ3) is 3.70. The number of nitrogens with zero attached hydrogens (tertiary/aromatic N) is 3. The fourth-order valence-corrected chi connectivity index (χ4v) is 3.26. The predicted octanol–water partition coefficient (Wildman–Crippen LogP) is 3.88. The fraction of sp³-hybridized carbons (Fsp3) is 0.263. The van der Waals surface area contributed by atoms with Gasteiger partial charge in [0.1, 0.15) is 17.2 Å². The zero-order valence-electron chi connectivity index (χ0n) is 15.2. The topological polar surface area (TPSA) is 97.1 Å². The third-order valence-corrected chi connectivity index (χ3v) is 4.97. The maximum absolute atomic E-state index is 14.4. The van der Waals surface area contributed by atoms with Crippen LogP contribution in [0, 0.1) is 11.7 Å². The zero-order valence-corrected chi connectivity index (χ0v) is 15.2. The van der Waals surface area contributed by atoms with Crippen LogP contribution >= 0.6 is 0 Å². The number of hydrogen-bond donors (Lipinski definition) is 2. The zero-order chi connectivity index (χ0) is 21.6. The molecule has 0 bridgehead atoms. The van der Waals surface area contributed by atoms with Crippen molar-refractivity contribution < 1.29 is 32.3 Å². The summed E-state index contributed by atoms with van der Waals surface area (Å²) in [5.74, 6) is -3.11. The number of carboxylic acid groups (broad SMARTS) is 1. The molecule has 4 rings (SSSR count). The number of amides is 1. The van der Waals surface area contributed by atoms with Gasteiger partial charge in [-0.25, -0.2) is 9.37 Å². The van der Waals surface area contributed by atoms with E-state index in [1.807, 2.05) is 0 Å². The van der Waals surface area contributed by atoms with Crippen LogP contribution in [-0.2, 0) is 11.0 Å². The molecular formula is C19H14F4N4O3. The van der Waals surface area contributed by atoms with E-state index in [0.717, 1.165) is 24.3 Å². The highest BCUT2D eigenvalue weighted by Gasteiger charge is 2.36.